The molecule has 0 rings (SSSR count). The van der Waals surface area contributed by atoms with Gasteiger partial charge in [-0.25, -0.2) is 0 Å². The second kappa shape index (κ2) is 7.25. The molecule has 0 spiro atoms. The maximum atomic E-state index is 11.0. The van der Waals surface area contributed by atoms with Crippen molar-refractivity contribution >= 4 is 23.8 Å². The van der Waals surface area contributed by atoms with E-state index in [1.807, 2.05) is 0 Å². The predicted octanol–water partition coefficient (Wildman–Crippen LogP) is -0.963. The number of esters is 2. The van der Waals surface area contributed by atoms with E-state index >= 15 is 0 Å². The van der Waals surface area contributed by atoms with Gasteiger partial charge in [-0.05, 0) is 0 Å². The third-order valence-corrected chi connectivity index (χ3v) is 1.55. The number of ether oxygens (including phenoxy) is 2. The summed E-state index contributed by atoms with van der Waals surface area (Å²) in [4.78, 5) is 43.7. The molecule has 102 valence electrons. The molecule has 18 heavy (non-hydrogen) atoms. The maximum Gasteiger partial charge on any atom is 0.304 e. The number of carbonyl (C=O) groups is 4. The van der Waals surface area contributed by atoms with Crippen molar-refractivity contribution in [2.45, 2.75) is 40.2 Å². The van der Waals surface area contributed by atoms with Crippen LogP contribution in [0.5, 0.6) is 0 Å². The molecule has 0 aliphatic carbocycles. The zero-order valence-electron chi connectivity index (χ0n) is 10.6. The van der Waals surface area contributed by atoms with E-state index in [9.17, 15) is 19.2 Å². The molecule has 8 heteroatoms. The molecule has 0 fully saturated rings. The molecular formula is C10H16N2O6. The van der Waals surface area contributed by atoms with Crippen molar-refractivity contribution in [2.75, 3.05) is 0 Å². The topological polar surface area (TPSA) is 111 Å². The molecule has 8 nitrogen and oxygen atoms in total. The van der Waals surface area contributed by atoms with Gasteiger partial charge in [-0.3, -0.25) is 19.2 Å². The van der Waals surface area contributed by atoms with Crippen LogP contribution in [0.25, 0.3) is 0 Å². The standard InChI is InChI=1S/C10H16N2O6/c1-5(13)11-9(17-7(3)15)10(12-6(2)14)18-8(4)16/h9-10H,1-4H3,(H,11,13)(H,12,14). The molecule has 0 aromatic rings. The summed E-state index contributed by atoms with van der Waals surface area (Å²) in [6.07, 6.45) is -2.57. The van der Waals surface area contributed by atoms with Crippen molar-refractivity contribution in [2.24, 2.45) is 0 Å². The summed E-state index contributed by atoms with van der Waals surface area (Å²) in [5.41, 5.74) is 0. The quantitative estimate of drug-likeness (QED) is 0.486. The summed E-state index contributed by atoms with van der Waals surface area (Å²) < 4.78 is 9.52. The Kier molecular flexibility index (Phi) is 6.40. The number of hydrogen-bond acceptors (Lipinski definition) is 6. The number of rotatable bonds is 5. The van der Waals surface area contributed by atoms with E-state index in [0.29, 0.717) is 0 Å². The van der Waals surface area contributed by atoms with Crippen LogP contribution in [0.1, 0.15) is 27.7 Å². The van der Waals surface area contributed by atoms with Crippen LogP contribution in [0.15, 0.2) is 0 Å². The van der Waals surface area contributed by atoms with Crippen molar-refractivity contribution < 1.29 is 28.7 Å². The van der Waals surface area contributed by atoms with Gasteiger partial charge < -0.3 is 20.1 Å². The number of amides is 2. The van der Waals surface area contributed by atoms with E-state index < -0.39 is 36.2 Å². The second-order valence-electron chi connectivity index (χ2n) is 3.46. The summed E-state index contributed by atoms with van der Waals surface area (Å²) >= 11 is 0. The third-order valence-electron chi connectivity index (χ3n) is 1.55. The summed E-state index contributed by atoms with van der Waals surface area (Å²) in [5.74, 6) is -2.42. The highest BCUT2D eigenvalue weighted by atomic mass is 16.6. The lowest BCUT2D eigenvalue weighted by Gasteiger charge is -2.26. The van der Waals surface area contributed by atoms with Crippen molar-refractivity contribution in [3.63, 3.8) is 0 Å². The van der Waals surface area contributed by atoms with Crippen molar-refractivity contribution in [3.05, 3.63) is 0 Å². The van der Waals surface area contributed by atoms with E-state index in [1.54, 1.807) is 0 Å². The summed E-state index contributed by atoms with van der Waals surface area (Å²) in [6, 6.07) is 0. The van der Waals surface area contributed by atoms with E-state index in [-0.39, 0.29) is 0 Å². The van der Waals surface area contributed by atoms with Crippen molar-refractivity contribution in [1.29, 1.82) is 0 Å². The van der Waals surface area contributed by atoms with Gasteiger partial charge in [0.05, 0.1) is 0 Å². The van der Waals surface area contributed by atoms with Gasteiger partial charge >= 0.3 is 11.9 Å². The van der Waals surface area contributed by atoms with Crippen LogP contribution in [0.2, 0.25) is 0 Å². The van der Waals surface area contributed by atoms with Gasteiger partial charge in [0, 0.05) is 27.7 Å². The number of hydrogen-bond donors (Lipinski definition) is 2. The van der Waals surface area contributed by atoms with Gasteiger partial charge in [0.15, 0.2) is 0 Å². The van der Waals surface area contributed by atoms with Crippen LogP contribution in [0, 0.1) is 0 Å². The Morgan fingerprint density at radius 1 is 0.722 bits per heavy atom. The first-order valence-corrected chi connectivity index (χ1v) is 5.11. The van der Waals surface area contributed by atoms with Crippen LogP contribution in [-0.4, -0.2) is 36.2 Å². The van der Waals surface area contributed by atoms with E-state index in [4.69, 9.17) is 9.47 Å². The lowest BCUT2D eigenvalue weighted by molar-refractivity contribution is -0.173. The first-order chi connectivity index (χ1) is 8.22. The fourth-order valence-electron chi connectivity index (χ4n) is 1.09. The molecule has 0 radical (unpaired) electrons. The Balaban J connectivity index is 4.90. The zero-order valence-corrected chi connectivity index (χ0v) is 10.6. The van der Waals surface area contributed by atoms with Crippen LogP contribution in [0.4, 0.5) is 0 Å². The van der Waals surface area contributed by atoms with Crippen LogP contribution >= 0.6 is 0 Å². The molecular weight excluding hydrogens is 244 g/mol. The van der Waals surface area contributed by atoms with Gasteiger partial charge in [-0.15, -0.1) is 0 Å². The minimum absolute atomic E-state index is 0.510. The lowest BCUT2D eigenvalue weighted by atomic mass is 10.4. The van der Waals surface area contributed by atoms with Crippen molar-refractivity contribution in [1.82, 2.24) is 10.6 Å². The monoisotopic (exact) mass is 260 g/mol. The highest BCUT2D eigenvalue weighted by Gasteiger charge is 2.28. The van der Waals surface area contributed by atoms with Crippen molar-refractivity contribution in [3.8, 4) is 0 Å². The van der Waals surface area contributed by atoms with Gasteiger partial charge in [0.2, 0.25) is 24.3 Å². The van der Waals surface area contributed by atoms with E-state index in [2.05, 4.69) is 10.6 Å². The first-order valence-electron chi connectivity index (χ1n) is 5.11. The van der Waals surface area contributed by atoms with Gasteiger partial charge in [0.1, 0.15) is 0 Å². The molecule has 0 bridgehead atoms. The normalized spacial score (nSPS) is 12.9. The molecule has 0 aromatic carbocycles. The molecule has 0 aliphatic rings. The minimum Gasteiger partial charge on any atom is -0.436 e. The number of nitrogens with one attached hydrogen (secondary N) is 2. The Morgan fingerprint density at radius 2 is 1.00 bits per heavy atom. The molecule has 0 aliphatic heterocycles. The molecule has 2 atom stereocenters. The Bertz CT molecular complexity index is 288. The third kappa shape index (κ3) is 7.20. The Labute approximate surface area is 104 Å². The highest BCUT2D eigenvalue weighted by molar-refractivity contribution is 5.76. The smallest absolute Gasteiger partial charge is 0.304 e. The van der Waals surface area contributed by atoms with Crippen LogP contribution in [0.3, 0.4) is 0 Å². The fraction of sp³-hybridized carbons (Fsp3) is 0.600. The first kappa shape index (κ1) is 15.9. The Hall–Kier alpha value is -2.12. The minimum atomic E-state index is -1.28. The summed E-state index contributed by atoms with van der Waals surface area (Å²) in [5, 5.41) is 4.50. The largest absolute Gasteiger partial charge is 0.436 e. The zero-order chi connectivity index (χ0) is 14.3. The molecule has 2 N–H and O–H groups in total. The summed E-state index contributed by atoms with van der Waals surface area (Å²) in [7, 11) is 0. The number of carbonyl (C=O) groups excluding carboxylic acids is 4. The van der Waals surface area contributed by atoms with Crippen LogP contribution in [-0.2, 0) is 28.7 Å². The van der Waals surface area contributed by atoms with Gasteiger partial charge in [0.25, 0.3) is 0 Å². The molecule has 0 aromatic heterocycles. The predicted molar refractivity (Wildman–Crippen MR) is 58.7 cm³/mol. The average molecular weight is 260 g/mol. The lowest BCUT2D eigenvalue weighted by Crippen LogP contribution is -2.54. The van der Waals surface area contributed by atoms with Gasteiger partial charge in [-0.2, -0.15) is 0 Å². The molecule has 2 unspecified atom stereocenters. The second-order valence-corrected chi connectivity index (χ2v) is 3.46. The van der Waals surface area contributed by atoms with E-state index in [0.717, 1.165) is 13.8 Å². The SMILES string of the molecule is CC(=O)NC(OC(C)=O)C(NC(C)=O)OC(C)=O. The van der Waals surface area contributed by atoms with Crippen LogP contribution < -0.4 is 10.6 Å². The maximum absolute atomic E-state index is 11.0. The van der Waals surface area contributed by atoms with E-state index in [1.165, 1.54) is 13.8 Å². The van der Waals surface area contributed by atoms with Gasteiger partial charge in [-0.1, -0.05) is 0 Å². The molecule has 0 saturated carbocycles. The molecule has 0 heterocycles. The average Bonchev–Trinajstić information content (AvgIpc) is 2.12. The fourth-order valence-corrected chi connectivity index (χ4v) is 1.09. The molecule has 0 saturated heterocycles. The molecule has 2 amide bonds. The Morgan fingerprint density at radius 3 is 1.17 bits per heavy atom. The summed E-state index contributed by atoms with van der Waals surface area (Å²) in [6.45, 7) is 4.62. The highest BCUT2D eigenvalue weighted by Crippen LogP contribution is 2.01.